The summed E-state index contributed by atoms with van der Waals surface area (Å²) in [5.74, 6) is -0.870. The van der Waals surface area contributed by atoms with E-state index < -0.39 is 78.4 Å². The van der Waals surface area contributed by atoms with Crippen LogP contribution in [0.3, 0.4) is 0 Å². The molecule has 1 aliphatic carbocycles. The molecule has 3 N–H and O–H groups in total. The van der Waals surface area contributed by atoms with Gasteiger partial charge in [-0.05, 0) is 61.6 Å². The van der Waals surface area contributed by atoms with Gasteiger partial charge in [0, 0.05) is 30.5 Å². The molecule has 3 aromatic rings. The van der Waals surface area contributed by atoms with Crippen LogP contribution >= 0.6 is 23.5 Å². The number of nitrogens with zero attached hydrogens (tertiary/aromatic N) is 1. The summed E-state index contributed by atoms with van der Waals surface area (Å²) in [7, 11) is -16.3. The molecule has 0 saturated heterocycles. The van der Waals surface area contributed by atoms with E-state index >= 15 is 0 Å². The summed E-state index contributed by atoms with van der Waals surface area (Å²) in [5, 5.41) is 0. The van der Waals surface area contributed by atoms with E-state index in [0.29, 0.717) is 29.5 Å². The Balaban J connectivity index is 1.39. The predicted octanol–water partition coefficient (Wildman–Crippen LogP) is 8.51. The van der Waals surface area contributed by atoms with Gasteiger partial charge in [0.2, 0.25) is 0 Å². The zero-order chi connectivity index (χ0) is 43.8. The Morgan fingerprint density at radius 2 is 1.23 bits per heavy atom. The van der Waals surface area contributed by atoms with Gasteiger partial charge in [-0.15, -0.1) is 0 Å². The van der Waals surface area contributed by atoms with Crippen molar-refractivity contribution in [3.63, 3.8) is 0 Å². The third kappa shape index (κ3) is 16.9. The molecule has 330 valence electrons. The number of aromatic amines is 1. The number of aryl methyl sites for hydroxylation is 1. The number of hydrogen-bond acceptors (Lipinski definition) is 14. The highest BCUT2D eigenvalue weighted by molar-refractivity contribution is 7.67. The van der Waals surface area contributed by atoms with Crippen LogP contribution in [0.5, 0.6) is 11.5 Å². The lowest BCUT2D eigenvalue weighted by Crippen LogP contribution is -2.32. The van der Waals surface area contributed by atoms with Crippen LogP contribution in [0.1, 0.15) is 107 Å². The van der Waals surface area contributed by atoms with Crippen molar-refractivity contribution < 1.29 is 64.7 Å². The van der Waals surface area contributed by atoms with Crippen molar-refractivity contribution in [2.45, 2.75) is 111 Å². The van der Waals surface area contributed by atoms with Gasteiger partial charge < -0.3 is 19.3 Å². The quantitative estimate of drug-likeness (QED) is 0.0225. The molecular formula is C39H53N2O16P3. The van der Waals surface area contributed by atoms with Crippen molar-refractivity contribution >= 4 is 35.4 Å². The normalized spacial score (nSPS) is 17.2. The number of nitrogens with one attached hydrogen (secondary N) is 1. The number of aromatic nitrogens is 2. The van der Waals surface area contributed by atoms with Crippen molar-refractivity contribution in [3.8, 4) is 11.5 Å². The van der Waals surface area contributed by atoms with Gasteiger partial charge in [0.25, 0.3) is 5.56 Å². The smallest absolute Gasteiger partial charge is 0.427 e. The number of rotatable bonds is 26. The molecular weight excluding hydrogens is 845 g/mol. The highest BCUT2D eigenvalue weighted by Crippen LogP contribution is 2.69. The molecule has 4 rings (SSSR count). The van der Waals surface area contributed by atoms with Crippen LogP contribution in [0.4, 0.5) is 0 Å². The third-order valence-electron chi connectivity index (χ3n) is 9.07. The largest absolute Gasteiger partial charge is 0.490 e. The van der Waals surface area contributed by atoms with Gasteiger partial charge in [-0.2, -0.15) is 8.62 Å². The first-order valence-electron chi connectivity index (χ1n) is 19.7. The summed E-state index contributed by atoms with van der Waals surface area (Å²) in [5.41, 5.74) is -0.193. The molecule has 0 bridgehead atoms. The van der Waals surface area contributed by atoms with Crippen molar-refractivity contribution in [1.82, 2.24) is 9.55 Å². The number of phosphoric acid groups is 3. The molecule has 18 nitrogen and oxygen atoms in total. The fourth-order valence-corrected chi connectivity index (χ4v) is 9.93. The lowest BCUT2D eigenvalue weighted by atomic mass is 10.1. The number of unbranched alkanes of at least 4 members (excludes halogenated alkanes) is 6. The molecule has 2 aromatic carbocycles. The van der Waals surface area contributed by atoms with Crippen molar-refractivity contribution in [1.29, 1.82) is 0 Å². The zero-order valence-electron chi connectivity index (χ0n) is 33.8. The van der Waals surface area contributed by atoms with Gasteiger partial charge in [-0.1, -0.05) is 88.8 Å². The number of hydrogen-bond donors (Lipinski definition) is 3. The van der Waals surface area contributed by atoms with Crippen LogP contribution in [0, 0.1) is 12.8 Å². The first-order valence-corrected chi connectivity index (χ1v) is 24.2. The van der Waals surface area contributed by atoms with E-state index in [4.69, 9.17) is 27.4 Å². The van der Waals surface area contributed by atoms with E-state index in [1.807, 2.05) is 0 Å². The molecule has 60 heavy (non-hydrogen) atoms. The Labute approximate surface area is 348 Å². The summed E-state index contributed by atoms with van der Waals surface area (Å²) < 4.78 is 76.9. The van der Waals surface area contributed by atoms with Gasteiger partial charge in [0.1, 0.15) is 11.5 Å². The number of ether oxygens (including phenoxy) is 2. The fraction of sp³-hybridized carbons (Fsp3) is 0.487. The Kier molecular flexibility index (Phi) is 19.1. The summed E-state index contributed by atoms with van der Waals surface area (Å²) in [4.78, 5) is 71.6. The van der Waals surface area contributed by atoms with Gasteiger partial charge in [-0.25, -0.2) is 18.5 Å². The van der Waals surface area contributed by atoms with Crippen molar-refractivity contribution in [2.24, 2.45) is 5.92 Å². The van der Waals surface area contributed by atoms with Crippen LogP contribution in [0.2, 0.25) is 0 Å². The molecule has 0 radical (unpaired) electrons. The van der Waals surface area contributed by atoms with Crippen LogP contribution in [0.25, 0.3) is 0 Å². The minimum Gasteiger partial charge on any atom is -0.427 e. The highest BCUT2D eigenvalue weighted by Gasteiger charge is 2.44. The average Bonchev–Trinajstić information content (AvgIpc) is 3.67. The standard InChI is InChI=1S/C39H53N2O16P3/c1-4-6-8-10-12-36(42)54-34-20-15-30(16-21-34)26-52-60(50,53-27-31-17-22-35(23-18-31)55-37(43)13-11-9-7-5-2)57-59(48,49)56-58(46,47)51-28-32-14-19-33(24-32)41-25-29(3)38(44)40-39(41)45/h14-23,25,32-33H,4-13,24,26-28H2,1-3H3,(H,46,47)(H,48,49)(H,40,44,45)/t32-,33+/m1/s1. The molecule has 0 amide bonds. The number of allylic oxidation sites excluding steroid dienone is 1. The van der Waals surface area contributed by atoms with Crippen molar-refractivity contribution in [2.75, 3.05) is 6.61 Å². The Bertz CT molecular complexity index is 2090. The highest BCUT2D eigenvalue weighted by atomic mass is 31.3. The number of phosphoric ester groups is 2. The molecule has 0 spiro atoms. The van der Waals surface area contributed by atoms with Gasteiger partial charge in [0.15, 0.2) is 0 Å². The van der Waals surface area contributed by atoms with E-state index in [9.17, 15) is 42.7 Å². The van der Waals surface area contributed by atoms with Crippen LogP contribution in [-0.2, 0) is 58.7 Å². The summed E-state index contributed by atoms with van der Waals surface area (Å²) >= 11 is 0. The summed E-state index contributed by atoms with van der Waals surface area (Å²) in [6.45, 7) is 4.09. The van der Waals surface area contributed by atoms with Crippen LogP contribution in [0.15, 0.2) is 76.5 Å². The fourth-order valence-electron chi connectivity index (χ4n) is 5.86. The van der Waals surface area contributed by atoms with Crippen molar-refractivity contribution in [3.05, 3.63) is 104 Å². The summed E-state index contributed by atoms with van der Waals surface area (Å²) in [6, 6.07) is 11.3. The molecule has 1 heterocycles. The second kappa shape index (κ2) is 23.4. The Hall–Kier alpha value is -3.79. The molecule has 1 aromatic heterocycles. The molecule has 4 atom stereocenters. The molecule has 2 unspecified atom stereocenters. The Morgan fingerprint density at radius 1 is 0.717 bits per heavy atom. The Morgan fingerprint density at radius 3 is 1.73 bits per heavy atom. The number of H-pyrrole nitrogens is 1. The minimum absolute atomic E-state index is 0.209. The van der Waals surface area contributed by atoms with E-state index in [1.165, 1.54) is 66.2 Å². The summed E-state index contributed by atoms with van der Waals surface area (Å²) in [6.07, 6.45) is 12.6. The number of benzene rings is 2. The zero-order valence-corrected chi connectivity index (χ0v) is 36.5. The number of carbonyl (C=O) groups is 2. The first-order chi connectivity index (χ1) is 28.5. The molecule has 21 heteroatoms. The van der Waals surface area contributed by atoms with E-state index in [-0.39, 0.29) is 30.8 Å². The molecule has 0 aliphatic heterocycles. The maximum absolute atomic E-state index is 13.9. The molecule has 1 aliphatic rings. The second-order valence-corrected chi connectivity index (χ2v) is 19.0. The monoisotopic (exact) mass is 898 g/mol. The van der Waals surface area contributed by atoms with Gasteiger partial charge >= 0.3 is 41.1 Å². The number of esters is 2. The third-order valence-corrected chi connectivity index (χ3v) is 13.7. The lowest BCUT2D eigenvalue weighted by molar-refractivity contribution is -0.135. The topological polar surface area (TPSA) is 245 Å². The second-order valence-electron chi connectivity index (χ2n) is 14.2. The lowest BCUT2D eigenvalue weighted by Gasteiger charge is -2.22. The van der Waals surface area contributed by atoms with Crippen LogP contribution in [-0.4, -0.2) is 37.9 Å². The van der Waals surface area contributed by atoms with Gasteiger partial charge in [-0.3, -0.25) is 37.5 Å². The predicted molar refractivity (Wildman–Crippen MR) is 219 cm³/mol. The van der Waals surface area contributed by atoms with Crippen LogP contribution < -0.4 is 20.7 Å². The molecule has 0 fully saturated rings. The first kappa shape index (κ1) is 48.9. The van der Waals surface area contributed by atoms with E-state index in [0.717, 1.165) is 38.5 Å². The SMILES string of the molecule is CCCCCCC(=O)Oc1ccc(COP(=O)(OCc2ccc(OC(=O)CCCCCC)cc2)OP(=O)(O)OP(=O)(O)OC[C@@H]2C=C[C@H](n3cc(C)c(=O)[nH]c3=O)C2)cc1. The van der Waals surface area contributed by atoms with E-state index in [1.54, 1.807) is 12.2 Å². The average molecular weight is 899 g/mol. The maximum Gasteiger partial charge on any atom is 0.490 e. The molecule has 0 saturated carbocycles. The minimum atomic E-state index is -5.76. The maximum atomic E-state index is 13.9. The van der Waals surface area contributed by atoms with Gasteiger partial charge in [0.05, 0.1) is 25.9 Å². The van der Waals surface area contributed by atoms with E-state index in [2.05, 4.69) is 23.1 Å². The number of carbonyl (C=O) groups excluding carboxylic acids is 2.